The van der Waals surface area contributed by atoms with Gasteiger partial charge < -0.3 is 10.0 Å². The molecule has 1 unspecified atom stereocenters. The smallest absolute Gasteiger partial charge is 0.222 e. The second-order valence-electron chi connectivity index (χ2n) is 5.06. The van der Waals surface area contributed by atoms with E-state index < -0.39 is 0 Å². The lowest BCUT2D eigenvalue weighted by Gasteiger charge is -2.35. The lowest BCUT2D eigenvalue weighted by molar-refractivity contribution is -0.135. The average molecular weight is 241 g/mol. The van der Waals surface area contributed by atoms with Gasteiger partial charge in [0.1, 0.15) is 0 Å². The third-order valence-corrected chi connectivity index (χ3v) is 3.65. The maximum absolute atomic E-state index is 12.1. The second kappa shape index (κ2) is 8.51. The van der Waals surface area contributed by atoms with Crippen LogP contribution in [0.2, 0.25) is 0 Å². The molecular formula is C14H27NO2. The Morgan fingerprint density at radius 2 is 2.12 bits per heavy atom. The first-order valence-corrected chi connectivity index (χ1v) is 7.20. The molecule has 0 aromatic carbocycles. The molecule has 1 aliphatic rings. The van der Waals surface area contributed by atoms with Crippen molar-refractivity contribution in [3.63, 3.8) is 0 Å². The SMILES string of the molecule is CCCCCCC(=O)N1CCCCC1CCO. The molecule has 1 amide bonds. The van der Waals surface area contributed by atoms with E-state index in [2.05, 4.69) is 6.92 Å². The van der Waals surface area contributed by atoms with Crippen LogP contribution in [0, 0.1) is 0 Å². The lowest BCUT2D eigenvalue weighted by atomic mass is 9.98. The minimum absolute atomic E-state index is 0.199. The van der Waals surface area contributed by atoms with Gasteiger partial charge in [-0.25, -0.2) is 0 Å². The van der Waals surface area contributed by atoms with Crippen LogP contribution < -0.4 is 0 Å². The van der Waals surface area contributed by atoms with Crippen molar-refractivity contribution in [3.05, 3.63) is 0 Å². The Balaban J connectivity index is 2.31. The largest absolute Gasteiger partial charge is 0.396 e. The summed E-state index contributed by atoms with van der Waals surface area (Å²) in [4.78, 5) is 14.1. The van der Waals surface area contributed by atoms with E-state index in [1.54, 1.807) is 0 Å². The summed E-state index contributed by atoms with van der Waals surface area (Å²) in [7, 11) is 0. The maximum atomic E-state index is 12.1. The van der Waals surface area contributed by atoms with E-state index in [0.717, 1.165) is 32.2 Å². The summed E-state index contributed by atoms with van der Waals surface area (Å²) in [6.45, 7) is 3.28. The molecule has 1 rings (SSSR count). The second-order valence-corrected chi connectivity index (χ2v) is 5.06. The lowest BCUT2D eigenvalue weighted by Crippen LogP contribution is -2.44. The van der Waals surface area contributed by atoms with Crippen molar-refractivity contribution >= 4 is 5.91 Å². The Bertz CT molecular complexity index is 216. The predicted octanol–water partition coefficient (Wildman–Crippen LogP) is 2.72. The summed E-state index contributed by atoms with van der Waals surface area (Å²) >= 11 is 0. The molecule has 0 aromatic rings. The summed E-state index contributed by atoms with van der Waals surface area (Å²) in [5, 5.41) is 9.03. The minimum atomic E-state index is 0.199. The van der Waals surface area contributed by atoms with Crippen LogP contribution in [0.1, 0.15) is 64.7 Å². The Morgan fingerprint density at radius 3 is 2.82 bits per heavy atom. The average Bonchev–Trinajstić information content (AvgIpc) is 2.35. The van der Waals surface area contributed by atoms with Crippen molar-refractivity contribution in [2.24, 2.45) is 0 Å². The molecule has 1 aliphatic heterocycles. The van der Waals surface area contributed by atoms with Crippen LogP contribution in [0.25, 0.3) is 0 Å². The predicted molar refractivity (Wildman–Crippen MR) is 69.8 cm³/mol. The van der Waals surface area contributed by atoms with E-state index in [-0.39, 0.29) is 6.61 Å². The van der Waals surface area contributed by atoms with Crippen molar-refractivity contribution in [3.8, 4) is 0 Å². The summed E-state index contributed by atoms with van der Waals surface area (Å²) in [5.41, 5.74) is 0. The van der Waals surface area contributed by atoms with Crippen LogP contribution in [0.5, 0.6) is 0 Å². The number of hydrogen-bond acceptors (Lipinski definition) is 2. The molecule has 17 heavy (non-hydrogen) atoms. The Morgan fingerprint density at radius 1 is 1.29 bits per heavy atom. The van der Waals surface area contributed by atoms with Gasteiger partial charge in [-0.1, -0.05) is 26.2 Å². The molecule has 0 bridgehead atoms. The van der Waals surface area contributed by atoms with Crippen LogP contribution in [0.15, 0.2) is 0 Å². The number of likely N-dealkylation sites (tertiary alicyclic amines) is 1. The number of aliphatic hydroxyl groups excluding tert-OH is 1. The van der Waals surface area contributed by atoms with E-state index in [0.29, 0.717) is 18.4 Å². The van der Waals surface area contributed by atoms with Gasteiger partial charge in [-0.05, 0) is 32.1 Å². The van der Waals surface area contributed by atoms with Crippen molar-refractivity contribution in [2.45, 2.75) is 70.8 Å². The van der Waals surface area contributed by atoms with Gasteiger partial charge in [0.05, 0.1) is 0 Å². The highest BCUT2D eigenvalue weighted by molar-refractivity contribution is 5.76. The zero-order chi connectivity index (χ0) is 12.5. The summed E-state index contributed by atoms with van der Waals surface area (Å²) < 4.78 is 0. The van der Waals surface area contributed by atoms with Gasteiger partial charge in [-0.15, -0.1) is 0 Å². The number of aliphatic hydroxyl groups is 1. The van der Waals surface area contributed by atoms with E-state index in [9.17, 15) is 4.79 Å². The third-order valence-electron chi connectivity index (χ3n) is 3.65. The number of amides is 1. The van der Waals surface area contributed by atoms with Crippen molar-refractivity contribution in [1.29, 1.82) is 0 Å². The van der Waals surface area contributed by atoms with Gasteiger partial charge in [-0.2, -0.15) is 0 Å². The number of hydrogen-bond donors (Lipinski definition) is 1. The number of unbranched alkanes of at least 4 members (excludes halogenated alkanes) is 3. The molecule has 1 saturated heterocycles. The normalized spacial score (nSPS) is 20.6. The number of carbonyl (C=O) groups is 1. The van der Waals surface area contributed by atoms with Gasteiger partial charge in [0, 0.05) is 25.6 Å². The fourth-order valence-corrected chi connectivity index (χ4v) is 2.62. The maximum Gasteiger partial charge on any atom is 0.222 e. The molecule has 0 aliphatic carbocycles. The van der Waals surface area contributed by atoms with E-state index >= 15 is 0 Å². The molecular weight excluding hydrogens is 214 g/mol. The van der Waals surface area contributed by atoms with Crippen LogP contribution in [0.3, 0.4) is 0 Å². The molecule has 1 atom stereocenters. The molecule has 1 heterocycles. The van der Waals surface area contributed by atoms with Crippen LogP contribution in [-0.2, 0) is 4.79 Å². The third kappa shape index (κ3) is 5.07. The zero-order valence-corrected chi connectivity index (χ0v) is 11.2. The number of carbonyl (C=O) groups excluding carboxylic acids is 1. The first-order valence-electron chi connectivity index (χ1n) is 7.20. The first kappa shape index (κ1) is 14.5. The molecule has 1 N–H and O–H groups in total. The molecule has 1 fully saturated rings. The molecule has 0 spiro atoms. The fourth-order valence-electron chi connectivity index (χ4n) is 2.62. The van der Waals surface area contributed by atoms with Gasteiger partial charge in [0.25, 0.3) is 0 Å². The number of piperidine rings is 1. The Labute approximate surface area is 105 Å². The van der Waals surface area contributed by atoms with E-state index in [4.69, 9.17) is 5.11 Å². The first-order chi connectivity index (χ1) is 8.29. The van der Waals surface area contributed by atoms with Crippen molar-refractivity contribution < 1.29 is 9.90 Å². The molecule has 3 heteroatoms. The molecule has 0 aromatic heterocycles. The Hall–Kier alpha value is -0.570. The topological polar surface area (TPSA) is 40.5 Å². The Kier molecular flexibility index (Phi) is 7.25. The molecule has 0 radical (unpaired) electrons. The summed E-state index contributed by atoms with van der Waals surface area (Å²) in [5.74, 6) is 0.305. The van der Waals surface area contributed by atoms with Crippen LogP contribution >= 0.6 is 0 Å². The minimum Gasteiger partial charge on any atom is -0.396 e. The molecule has 100 valence electrons. The zero-order valence-electron chi connectivity index (χ0n) is 11.2. The summed E-state index contributed by atoms with van der Waals surface area (Å²) in [6.07, 6.45) is 9.48. The van der Waals surface area contributed by atoms with Crippen LogP contribution in [-0.4, -0.2) is 35.1 Å². The highest BCUT2D eigenvalue weighted by atomic mass is 16.3. The van der Waals surface area contributed by atoms with E-state index in [1.165, 1.54) is 25.7 Å². The van der Waals surface area contributed by atoms with Gasteiger partial charge >= 0.3 is 0 Å². The standard InChI is InChI=1S/C14H27NO2/c1-2-3-4-5-9-14(17)15-11-7-6-8-13(15)10-12-16/h13,16H,2-12H2,1H3. The molecule has 3 nitrogen and oxygen atoms in total. The number of rotatable bonds is 7. The van der Waals surface area contributed by atoms with E-state index in [1.807, 2.05) is 4.90 Å². The highest BCUT2D eigenvalue weighted by Gasteiger charge is 2.25. The molecule has 0 saturated carbocycles. The quantitative estimate of drug-likeness (QED) is 0.696. The highest BCUT2D eigenvalue weighted by Crippen LogP contribution is 2.21. The van der Waals surface area contributed by atoms with Crippen molar-refractivity contribution in [1.82, 2.24) is 4.90 Å². The van der Waals surface area contributed by atoms with Crippen LogP contribution in [0.4, 0.5) is 0 Å². The monoisotopic (exact) mass is 241 g/mol. The van der Waals surface area contributed by atoms with Gasteiger partial charge in [0.2, 0.25) is 5.91 Å². The fraction of sp³-hybridized carbons (Fsp3) is 0.929. The van der Waals surface area contributed by atoms with Crippen molar-refractivity contribution in [2.75, 3.05) is 13.2 Å². The number of nitrogens with zero attached hydrogens (tertiary/aromatic N) is 1. The van der Waals surface area contributed by atoms with Gasteiger partial charge in [0.15, 0.2) is 0 Å². The van der Waals surface area contributed by atoms with Gasteiger partial charge in [-0.3, -0.25) is 4.79 Å². The summed E-state index contributed by atoms with van der Waals surface area (Å²) in [6, 6.07) is 0.299.